The van der Waals surface area contributed by atoms with E-state index in [1.807, 2.05) is 0 Å². The number of benzene rings is 1. The number of carbonyl (C=O) groups excluding carboxylic acids is 1. The van der Waals surface area contributed by atoms with Gasteiger partial charge in [-0.3, -0.25) is 4.79 Å². The van der Waals surface area contributed by atoms with Gasteiger partial charge in [0.25, 0.3) is 5.92 Å². The van der Waals surface area contributed by atoms with Crippen LogP contribution in [0.25, 0.3) is 0 Å². The molecule has 0 saturated carbocycles. The monoisotopic (exact) mass is 285 g/mol. The van der Waals surface area contributed by atoms with E-state index in [1.165, 1.54) is 24.1 Å². The molecule has 1 aliphatic rings. The van der Waals surface area contributed by atoms with Crippen molar-refractivity contribution in [3.05, 3.63) is 23.8 Å². The van der Waals surface area contributed by atoms with Crippen LogP contribution in [0.5, 0.6) is 11.5 Å². The first-order valence-electron chi connectivity index (χ1n) is 6.43. The van der Waals surface area contributed by atoms with Gasteiger partial charge in [0.05, 0.1) is 13.5 Å². The van der Waals surface area contributed by atoms with Gasteiger partial charge < -0.3 is 14.7 Å². The second kappa shape index (κ2) is 5.64. The molecule has 1 heterocycles. The van der Waals surface area contributed by atoms with E-state index >= 15 is 0 Å². The molecule has 2 rings (SSSR count). The van der Waals surface area contributed by atoms with Crippen LogP contribution < -0.4 is 4.74 Å². The number of hydrogen-bond acceptors (Lipinski definition) is 3. The first kappa shape index (κ1) is 14.6. The summed E-state index contributed by atoms with van der Waals surface area (Å²) in [5.74, 6) is -2.36. The molecule has 1 aliphatic heterocycles. The molecule has 0 spiro atoms. The quantitative estimate of drug-likeness (QED) is 0.926. The maximum atomic E-state index is 13.0. The summed E-state index contributed by atoms with van der Waals surface area (Å²) in [6.45, 7) is 0.125. The van der Waals surface area contributed by atoms with Crippen LogP contribution in [0.4, 0.5) is 8.78 Å². The Bertz CT molecular complexity index is 495. The number of carbonyl (C=O) groups is 1. The minimum atomic E-state index is -2.67. The van der Waals surface area contributed by atoms with E-state index in [2.05, 4.69) is 0 Å². The van der Waals surface area contributed by atoms with Crippen molar-refractivity contribution in [2.45, 2.75) is 25.2 Å². The molecule has 0 atom stereocenters. The smallest absolute Gasteiger partial charge is 0.251 e. The lowest BCUT2D eigenvalue weighted by atomic mass is 10.0. The second-order valence-electron chi connectivity index (χ2n) is 4.91. The normalized spacial score (nSPS) is 17.9. The van der Waals surface area contributed by atoms with Gasteiger partial charge in [-0.15, -0.1) is 0 Å². The Hall–Kier alpha value is -1.85. The number of amides is 1. The molecule has 0 bridgehead atoms. The number of nitrogens with zero attached hydrogens (tertiary/aromatic N) is 1. The molecule has 0 radical (unpaired) electrons. The molecule has 20 heavy (non-hydrogen) atoms. The number of phenolic OH excluding ortho intramolecular Hbond substituents is 1. The number of piperidine rings is 1. The summed E-state index contributed by atoms with van der Waals surface area (Å²) in [4.78, 5) is 13.5. The zero-order chi connectivity index (χ0) is 14.8. The zero-order valence-corrected chi connectivity index (χ0v) is 11.2. The Kier molecular flexibility index (Phi) is 4.11. The van der Waals surface area contributed by atoms with Crippen LogP contribution in [0.1, 0.15) is 18.4 Å². The molecule has 4 nitrogen and oxygen atoms in total. The highest BCUT2D eigenvalue weighted by atomic mass is 19.3. The van der Waals surface area contributed by atoms with Crippen molar-refractivity contribution in [1.29, 1.82) is 0 Å². The molecule has 0 aliphatic carbocycles. The first-order chi connectivity index (χ1) is 9.41. The summed E-state index contributed by atoms with van der Waals surface area (Å²) >= 11 is 0. The predicted molar refractivity (Wildman–Crippen MR) is 69.1 cm³/mol. The van der Waals surface area contributed by atoms with Gasteiger partial charge in [-0.05, 0) is 18.2 Å². The van der Waals surface area contributed by atoms with Crippen molar-refractivity contribution in [2.75, 3.05) is 20.2 Å². The number of aromatic hydroxyl groups is 1. The topological polar surface area (TPSA) is 49.8 Å². The van der Waals surface area contributed by atoms with Crippen LogP contribution in [-0.2, 0) is 11.2 Å². The number of methoxy groups -OCH3 is 1. The molecular formula is C14H17F2NO3. The van der Waals surface area contributed by atoms with Crippen molar-refractivity contribution in [2.24, 2.45) is 0 Å². The minimum absolute atomic E-state index is 0.0309. The number of alkyl halides is 2. The third kappa shape index (κ3) is 3.37. The van der Waals surface area contributed by atoms with Crippen molar-refractivity contribution in [3.8, 4) is 11.5 Å². The van der Waals surface area contributed by atoms with Gasteiger partial charge >= 0.3 is 0 Å². The van der Waals surface area contributed by atoms with Crippen molar-refractivity contribution >= 4 is 5.91 Å². The molecule has 1 aromatic carbocycles. The van der Waals surface area contributed by atoms with Crippen LogP contribution in [0.2, 0.25) is 0 Å². The highest BCUT2D eigenvalue weighted by Gasteiger charge is 2.35. The summed E-state index contributed by atoms with van der Waals surface area (Å²) < 4.78 is 31.2. The number of likely N-dealkylation sites (tertiary alicyclic amines) is 1. The zero-order valence-electron chi connectivity index (χ0n) is 11.2. The molecule has 0 unspecified atom stereocenters. The van der Waals surface area contributed by atoms with Gasteiger partial charge in [0, 0.05) is 31.5 Å². The molecule has 1 saturated heterocycles. The fraction of sp³-hybridized carbons (Fsp3) is 0.500. The fourth-order valence-electron chi connectivity index (χ4n) is 2.26. The largest absolute Gasteiger partial charge is 0.508 e. The van der Waals surface area contributed by atoms with E-state index < -0.39 is 5.92 Å². The average Bonchev–Trinajstić information content (AvgIpc) is 2.38. The predicted octanol–water partition coefficient (Wildman–Crippen LogP) is 2.20. The molecule has 1 aromatic rings. The highest BCUT2D eigenvalue weighted by molar-refractivity contribution is 5.79. The van der Waals surface area contributed by atoms with Crippen LogP contribution in [0, 0.1) is 0 Å². The summed E-state index contributed by atoms with van der Waals surface area (Å²) in [6.07, 6.45) is -0.561. The molecule has 6 heteroatoms. The van der Waals surface area contributed by atoms with Crippen LogP contribution >= 0.6 is 0 Å². The molecule has 0 aromatic heterocycles. The average molecular weight is 285 g/mol. The highest BCUT2D eigenvalue weighted by Crippen LogP contribution is 2.29. The third-order valence-electron chi connectivity index (χ3n) is 3.45. The Labute approximate surface area is 116 Å². The van der Waals surface area contributed by atoms with Gasteiger partial charge in [-0.1, -0.05) is 0 Å². The van der Waals surface area contributed by atoms with E-state index in [1.54, 1.807) is 6.07 Å². The maximum Gasteiger partial charge on any atom is 0.251 e. The van der Waals surface area contributed by atoms with Gasteiger partial charge in [0.15, 0.2) is 0 Å². The summed E-state index contributed by atoms with van der Waals surface area (Å²) in [5, 5.41) is 9.45. The molecule has 110 valence electrons. The van der Waals surface area contributed by atoms with Gasteiger partial charge in [-0.25, -0.2) is 8.78 Å². The van der Waals surface area contributed by atoms with Crippen LogP contribution in [0.15, 0.2) is 18.2 Å². The number of hydrogen-bond donors (Lipinski definition) is 1. The lowest BCUT2D eigenvalue weighted by Gasteiger charge is -2.31. The van der Waals surface area contributed by atoms with E-state index in [4.69, 9.17) is 4.74 Å². The van der Waals surface area contributed by atoms with Gasteiger partial charge in [-0.2, -0.15) is 0 Å². The molecule has 1 fully saturated rings. The Morgan fingerprint density at radius 2 is 2.05 bits per heavy atom. The standard InChI is InChI=1S/C14H17F2NO3/c1-20-12-3-2-11(18)8-10(12)9-13(19)17-6-4-14(15,16)5-7-17/h2-3,8,18H,4-7,9H2,1H3. The van der Waals surface area contributed by atoms with E-state index in [-0.39, 0.29) is 44.0 Å². The van der Waals surface area contributed by atoms with Gasteiger partial charge in [0.1, 0.15) is 11.5 Å². The fourth-order valence-corrected chi connectivity index (χ4v) is 2.26. The van der Waals surface area contributed by atoms with Gasteiger partial charge in [0.2, 0.25) is 5.91 Å². The van der Waals surface area contributed by atoms with Crippen LogP contribution in [0.3, 0.4) is 0 Å². The van der Waals surface area contributed by atoms with Crippen molar-refractivity contribution < 1.29 is 23.4 Å². The Morgan fingerprint density at radius 3 is 2.65 bits per heavy atom. The minimum Gasteiger partial charge on any atom is -0.508 e. The SMILES string of the molecule is COc1ccc(O)cc1CC(=O)N1CCC(F)(F)CC1. The maximum absolute atomic E-state index is 13.0. The summed E-state index contributed by atoms with van der Waals surface area (Å²) in [6, 6.07) is 4.49. The molecule has 1 amide bonds. The van der Waals surface area contributed by atoms with E-state index in [0.717, 1.165) is 0 Å². The van der Waals surface area contributed by atoms with E-state index in [0.29, 0.717) is 11.3 Å². The number of halogens is 2. The molecule has 1 N–H and O–H groups in total. The summed E-state index contributed by atoms with van der Waals surface area (Å²) in [5.41, 5.74) is 0.551. The first-order valence-corrected chi connectivity index (χ1v) is 6.43. The number of rotatable bonds is 3. The van der Waals surface area contributed by atoms with Crippen molar-refractivity contribution in [1.82, 2.24) is 4.90 Å². The molecular weight excluding hydrogens is 268 g/mol. The third-order valence-corrected chi connectivity index (χ3v) is 3.45. The van der Waals surface area contributed by atoms with Crippen molar-refractivity contribution in [3.63, 3.8) is 0 Å². The Morgan fingerprint density at radius 1 is 1.40 bits per heavy atom. The summed E-state index contributed by atoms with van der Waals surface area (Å²) in [7, 11) is 1.47. The lowest BCUT2D eigenvalue weighted by molar-refractivity contribution is -0.136. The lowest BCUT2D eigenvalue weighted by Crippen LogP contribution is -2.43. The van der Waals surface area contributed by atoms with Crippen LogP contribution in [-0.4, -0.2) is 42.0 Å². The number of phenols is 1. The Balaban J connectivity index is 2.03. The number of ether oxygens (including phenoxy) is 1. The van der Waals surface area contributed by atoms with E-state index in [9.17, 15) is 18.7 Å². The second-order valence-corrected chi connectivity index (χ2v) is 4.91.